The Kier molecular flexibility index (Phi) is 4.08. The summed E-state index contributed by atoms with van der Waals surface area (Å²) in [6, 6.07) is -0.593. The number of rotatable bonds is 4. The van der Waals surface area contributed by atoms with E-state index < -0.39 is 12.0 Å². The lowest BCUT2D eigenvalue weighted by molar-refractivity contribution is -0.138. The summed E-state index contributed by atoms with van der Waals surface area (Å²) in [7, 11) is 2.68. The topological polar surface area (TPSA) is 58.6 Å². The predicted octanol–water partition coefficient (Wildman–Crippen LogP) is -0.770. The molecule has 0 aliphatic rings. The lowest BCUT2D eigenvalue weighted by Crippen LogP contribution is -2.37. The molecule has 0 fully saturated rings. The molecule has 0 aromatic rings. The van der Waals surface area contributed by atoms with E-state index >= 15 is 0 Å². The van der Waals surface area contributed by atoms with Gasteiger partial charge in [-0.05, 0) is 6.92 Å². The van der Waals surface area contributed by atoms with Gasteiger partial charge >= 0.3 is 13.6 Å². The van der Waals surface area contributed by atoms with Crippen molar-refractivity contribution in [1.29, 1.82) is 0 Å². The fourth-order valence-corrected chi connectivity index (χ4v) is 0.241. The monoisotopic (exact) mass is 130 g/mol. The van der Waals surface area contributed by atoms with Gasteiger partial charge in [-0.2, -0.15) is 0 Å². The lowest BCUT2D eigenvalue weighted by atomic mass is 10.2. The van der Waals surface area contributed by atoms with E-state index in [2.05, 4.69) is 9.88 Å². The van der Waals surface area contributed by atoms with Gasteiger partial charge in [0.05, 0.1) is 6.04 Å². The van der Waals surface area contributed by atoms with Gasteiger partial charge in [0.15, 0.2) is 0 Å². The van der Waals surface area contributed by atoms with Crippen molar-refractivity contribution in [3.8, 4) is 0 Å². The van der Waals surface area contributed by atoms with Gasteiger partial charge in [-0.15, -0.1) is 0 Å². The second-order valence-electron chi connectivity index (χ2n) is 1.58. The molecule has 0 amide bonds. The molecular formula is C4H9BNO3. The highest BCUT2D eigenvalue weighted by atomic mass is 16.4. The molecule has 0 bridgehead atoms. The number of carbonyl (C=O) groups is 1. The van der Waals surface area contributed by atoms with Gasteiger partial charge in [0, 0.05) is 7.11 Å². The first kappa shape index (κ1) is 8.45. The van der Waals surface area contributed by atoms with Crippen molar-refractivity contribution in [2.45, 2.75) is 13.0 Å². The first-order chi connectivity index (χ1) is 4.18. The molecule has 0 spiro atoms. The highest BCUT2D eigenvalue weighted by Gasteiger charge is 2.08. The fraction of sp³-hybridized carbons (Fsp3) is 0.750. The minimum atomic E-state index is -0.900. The van der Waals surface area contributed by atoms with Crippen molar-refractivity contribution in [3.63, 3.8) is 0 Å². The first-order valence-corrected chi connectivity index (χ1v) is 2.52. The zero-order valence-electron chi connectivity index (χ0n) is 5.42. The maximum atomic E-state index is 10.1. The van der Waals surface area contributed by atoms with E-state index in [1.165, 1.54) is 21.7 Å². The molecule has 1 atom stereocenters. The van der Waals surface area contributed by atoms with E-state index in [1.54, 1.807) is 0 Å². The maximum Gasteiger partial charge on any atom is 0.396 e. The van der Waals surface area contributed by atoms with Crippen LogP contribution < -0.4 is 5.23 Å². The molecule has 0 aromatic carbocycles. The Balaban J connectivity index is 3.27. The van der Waals surface area contributed by atoms with Gasteiger partial charge in [0.1, 0.15) is 0 Å². The van der Waals surface area contributed by atoms with Crippen LogP contribution in [0.3, 0.4) is 0 Å². The van der Waals surface area contributed by atoms with Crippen molar-refractivity contribution < 1.29 is 14.6 Å². The summed E-state index contributed by atoms with van der Waals surface area (Å²) in [6.07, 6.45) is 0. The van der Waals surface area contributed by atoms with Crippen LogP contribution in [0.15, 0.2) is 0 Å². The Labute approximate surface area is 54.5 Å². The maximum absolute atomic E-state index is 10.1. The summed E-state index contributed by atoms with van der Waals surface area (Å²) in [5, 5.41) is 10.8. The average molecular weight is 130 g/mol. The Hall–Kier alpha value is -0.545. The van der Waals surface area contributed by atoms with E-state index in [4.69, 9.17) is 5.11 Å². The minimum Gasteiger partial charge on any atom is -0.480 e. The number of carboxylic acids is 1. The normalized spacial score (nSPS) is 12.7. The van der Waals surface area contributed by atoms with Gasteiger partial charge in [0.25, 0.3) is 0 Å². The van der Waals surface area contributed by atoms with Gasteiger partial charge in [-0.3, -0.25) is 4.79 Å². The molecule has 1 radical (unpaired) electrons. The summed E-state index contributed by atoms with van der Waals surface area (Å²) >= 11 is 0. The molecule has 9 heavy (non-hydrogen) atoms. The van der Waals surface area contributed by atoms with E-state index in [0.29, 0.717) is 0 Å². The third kappa shape index (κ3) is 3.99. The van der Waals surface area contributed by atoms with Crippen molar-refractivity contribution in [2.24, 2.45) is 0 Å². The number of hydrogen-bond acceptors (Lipinski definition) is 3. The Morgan fingerprint density at radius 1 is 1.89 bits per heavy atom. The molecule has 0 saturated heterocycles. The second-order valence-corrected chi connectivity index (χ2v) is 1.58. The summed E-state index contributed by atoms with van der Waals surface area (Å²) in [5.74, 6) is -0.900. The zero-order valence-corrected chi connectivity index (χ0v) is 5.42. The Bertz CT molecular complexity index is 97.8. The van der Waals surface area contributed by atoms with Crippen LogP contribution in [0.5, 0.6) is 0 Å². The number of hydrogen-bond donors (Lipinski definition) is 2. The molecule has 4 nitrogen and oxygen atoms in total. The van der Waals surface area contributed by atoms with Crippen LogP contribution in [0.25, 0.3) is 0 Å². The standard InChI is InChI=1S/C4H9BNO3/c1-3(4(7)8)6-5-9-2/h3,6H,1-2H3,(H,7,8)/t3-/m0/s1. The summed E-state index contributed by atoms with van der Waals surface area (Å²) < 4.78 is 4.46. The Morgan fingerprint density at radius 2 is 2.44 bits per heavy atom. The molecule has 0 saturated carbocycles. The van der Waals surface area contributed by atoms with Crippen molar-refractivity contribution >= 4 is 13.6 Å². The van der Waals surface area contributed by atoms with Gasteiger partial charge in [-0.1, -0.05) is 0 Å². The fourth-order valence-electron chi connectivity index (χ4n) is 0.241. The quantitative estimate of drug-likeness (QED) is 0.490. The van der Waals surface area contributed by atoms with Crippen LogP contribution in [-0.2, 0) is 9.45 Å². The number of aliphatic carboxylic acids is 1. The minimum absolute atomic E-state index is 0.593. The van der Waals surface area contributed by atoms with Crippen LogP contribution in [0.4, 0.5) is 0 Å². The van der Waals surface area contributed by atoms with Crippen LogP contribution in [0, 0.1) is 0 Å². The molecule has 0 aliphatic carbocycles. The number of carboxylic acid groups (broad SMARTS) is 1. The van der Waals surface area contributed by atoms with E-state index in [9.17, 15) is 4.79 Å². The molecule has 0 rings (SSSR count). The molecule has 2 N–H and O–H groups in total. The van der Waals surface area contributed by atoms with E-state index in [0.717, 1.165) is 0 Å². The van der Waals surface area contributed by atoms with E-state index in [-0.39, 0.29) is 0 Å². The van der Waals surface area contributed by atoms with Crippen LogP contribution in [0.1, 0.15) is 6.92 Å². The molecular weight excluding hydrogens is 121 g/mol. The average Bonchev–Trinajstić information content (AvgIpc) is 1.82. The molecule has 5 heteroatoms. The van der Waals surface area contributed by atoms with E-state index in [1.807, 2.05) is 0 Å². The van der Waals surface area contributed by atoms with Crippen LogP contribution >= 0.6 is 0 Å². The smallest absolute Gasteiger partial charge is 0.396 e. The van der Waals surface area contributed by atoms with Gasteiger partial charge < -0.3 is 15.0 Å². The SMILES string of the molecule is CO[B]N[C@@H](C)C(=O)O. The predicted molar refractivity (Wildman–Crippen MR) is 33.0 cm³/mol. The zero-order chi connectivity index (χ0) is 7.28. The molecule has 0 aliphatic heterocycles. The molecule has 0 unspecified atom stereocenters. The van der Waals surface area contributed by atoms with Gasteiger partial charge in [-0.25, -0.2) is 0 Å². The largest absolute Gasteiger partial charge is 0.480 e. The summed E-state index contributed by atoms with van der Waals surface area (Å²) in [5.41, 5.74) is 0. The molecule has 0 aromatic heterocycles. The van der Waals surface area contributed by atoms with Crippen molar-refractivity contribution in [2.75, 3.05) is 7.11 Å². The summed E-state index contributed by atoms with van der Waals surface area (Å²) in [4.78, 5) is 10.1. The van der Waals surface area contributed by atoms with Gasteiger partial charge in [0.2, 0.25) is 0 Å². The Morgan fingerprint density at radius 3 is 2.78 bits per heavy atom. The third-order valence-corrected chi connectivity index (χ3v) is 0.806. The highest BCUT2D eigenvalue weighted by molar-refractivity contribution is 6.24. The summed E-state index contributed by atoms with van der Waals surface area (Å²) in [6.45, 7) is 1.53. The molecule has 0 heterocycles. The van der Waals surface area contributed by atoms with Crippen molar-refractivity contribution in [3.05, 3.63) is 0 Å². The highest BCUT2D eigenvalue weighted by Crippen LogP contribution is 1.76. The second kappa shape index (κ2) is 4.35. The van der Waals surface area contributed by atoms with Crippen LogP contribution in [-0.4, -0.2) is 31.8 Å². The first-order valence-electron chi connectivity index (χ1n) is 2.52. The van der Waals surface area contributed by atoms with Crippen LogP contribution in [0.2, 0.25) is 0 Å². The number of nitrogens with one attached hydrogen (secondary N) is 1. The van der Waals surface area contributed by atoms with Crippen molar-refractivity contribution in [1.82, 2.24) is 5.23 Å². The lowest BCUT2D eigenvalue weighted by Gasteiger charge is -2.04. The molecule has 51 valence electrons. The third-order valence-electron chi connectivity index (χ3n) is 0.806.